The molecule has 1 amide bonds. The van der Waals surface area contributed by atoms with Gasteiger partial charge in [0.25, 0.3) is 5.91 Å². The van der Waals surface area contributed by atoms with Gasteiger partial charge in [0.2, 0.25) is 5.95 Å². The molecule has 27 heavy (non-hydrogen) atoms. The molecule has 0 fully saturated rings. The molecule has 0 spiro atoms. The Balaban J connectivity index is 1.68. The van der Waals surface area contributed by atoms with Crippen molar-refractivity contribution in [1.29, 1.82) is 0 Å². The lowest BCUT2D eigenvalue weighted by Crippen LogP contribution is -2.24. The highest BCUT2D eigenvalue weighted by Gasteiger charge is 2.12. The van der Waals surface area contributed by atoms with Gasteiger partial charge in [-0.25, -0.2) is 18.7 Å². The molecular weight excluding hydrogens is 354 g/mol. The number of carbonyl (C=O) groups excluding carboxylic acids is 1. The lowest BCUT2D eigenvalue weighted by molar-refractivity contribution is 0.0946. The number of hydrogen-bond acceptors (Lipinski definition) is 5. The third kappa shape index (κ3) is 4.55. The molecule has 0 unspecified atom stereocenters. The third-order valence-corrected chi connectivity index (χ3v) is 3.70. The maximum atomic E-state index is 13.7. The van der Waals surface area contributed by atoms with E-state index in [0.717, 1.165) is 23.4 Å². The molecule has 1 aromatic heterocycles. The summed E-state index contributed by atoms with van der Waals surface area (Å²) in [6, 6.07) is 12.1. The number of methoxy groups -OCH3 is 1. The molecular formula is C19H16F2N4O2. The first-order valence-electron chi connectivity index (χ1n) is 8.02. The number of halogens is 2. The fourth-order valence-corrected chi connectivity index (χ4v) is 2.29. The van der Waals surface area contributed by atoms with Crippen LogP contribution in [0.2, 0.25) is 0 Å². The van der Waals surface area contributed by atoms with Crippen molar-refractivity contribution in [3.05, 3.63) is 77.6 Å². The number of nitrogens with zero attached hydrogens (tertiary/aromatic N) is 2. The second-order valence-corrected chi connectivity index (χ2v) is 5.52. The fourth-order valence-electron chi connectivity index (χ4n) is 2.29. The molecule has 0 aliphatic rings. The van der Waals surface area contributed by atoms with Crippen LogP contribution in [0, 0.1) is 11.6 Å². The minimum absolute atomic E-state index is 0.0674. The maximum Gasteiger partial charge on any atom is 0.270 e. The van der Waals surface area contributed by atoms with Gasteiger partial charge in [0, 0.05) is 12.7 Å². The van der Waals surface area contributed by atoms with Crippen molar-refractivity contribution in [2.45, 2.75) is 6.54 Å². The van der Waals surface area contributed by atoms with Crippen LogP contribution in [-0.2, 0) is 6.54 Å². The van der Waals surface area contributed by atoms with E-state index in [2.05, 4.69) is 20.6 Å². The Hall–Kier alpha value is -3.55. The molecule has 0 aliphatic carbocycles. The Labute approximate surface area is 154 Å². The van der Waals surface area contributed by atoms with Crippen LogP contribution in [0.5, 0.6) is 5.75 Å². The van der Waals surface area contributed by atoms with Crippen molar-refractivity contribution < 1.29 is 18.3 Å². The van der Waals surface area contributed by atoms with Gasteiger partial charge in [-0.2, -0.15) is 0 Å². The van der Waals surface area contributed by atoms with E-state index in [4.69, 9.17) is 4.74 Å². The number of benzene rings is 2. The summed E-state index contributed by atoms with van der Waals surface area (Å²) in [6.07, 6.45) is 1.33. The van der Waals surface area contributed by atoms with Crippen LogP contribution in [-0.4, -0.2) is 23.0 Å². The zero-order valence-electron chi connectivity index (χ0n) is 14.4. The van der Waals surface area contributed by atoms with Gasteiger partial charge in [-0.1, -0.05) is 18.2 Å². The van der Waals surface area contributed by atoms with Crippen molar-refractivity contribution in [1.82, 2.24) is 15.3 Å². The highest BCUT2D eigenvalue weighted by atomic mass is 19.1. The van der Waals surface area contributed by atoms with Crippen molar-refractivity contribution >= 4 is 17.5 Å². The second kappa shape index (κ2) is 8.22. The number of rotatable bonds is 6. The standard InChI is InChI=1S/C19H16F2N4O2/c1-27-13-7-5-12(6-8-13)11-23-18(26)16-9-10-22-19(24-16)25-17-14(20)3-2-4-15(17)21/h2-10H,11H2,1H3,(H,23,26)(H,22,24,25). The average Bonchev–Trinajstić information content (AvgIpc) is 2.69. The quantitative estimate of drug-likeness (QED) is 0.695. The van der Waals surface area contributed by atoms with Gasteiger partial charge in [-0.3, -0.25) is 4.79 Å². The molecule has 0 aliphatic heterocycles. The molecule has 0 saturated heterocycles. The van der Waals surface area contributed by atoms with E-state index in [9.17, 15) is 13.6 Å². The lowest BCUT2D eigenvalue weighted by atomic mass is 10.2. The average molecular weight is 370 g/mol. The van der Waals surface area contributed by atoms with Crippen LogP contribution in [0.4, 0.5) is 20.4 Å². The number of carbonyl (C=O) groups is 1. The zero-order valence-corrected chi connectivity index (χ0v) is 14.4. The summed E-state index contributed by atoms with van der Waals surface area (Å²) in [5, 5.41) is 5.18. The van der Waals surface area contributed by atoms with E-state index < -0.39 is 17.5 Å². The summed E-state index contributed by atoms with van der Waals surface area (Å²) < 4.78 is 32.5. The Morgan fingerprint density at radius 2 is 1.78 bits per heavy atom. The summed E-state index contributed by atoms with van der Waals surface area (Å²) in [6.45, 7) is 0.289. The minimum atomic E-state index is -0.784. The number of anilines is 2. The highest BCUT2D eigenvalue weighted by molar-refractivity contribution is 5.92. The largest absolute Gasteiger partial charge is 0.497 e. The van der Waals surface area contributed by atoms with Gasteiger partial charge in [-0.05, 0) is 35.9 Å². The van der Waals surface area contributed by atoms with Crippen molar-refractivity contribution in [2.24, 2.45) is 0 Å². The number of ether oxygens (including phenoxy) is 1. The molecule has 3 rings (SSSR count). The highest BCUT2D eigenvalue weighted by Crippen LogP contribution is 2.21. The zero-order chi connectivity index (χ0) is 19.2. The molecule has 138 valence electrons. The van der Waals surface area contributed by atoms with Gasteiger partial charge >= 0.3 is 0 Å². The van der Waals surface area contributed by atoms with E-state index in [1.807, 2.05) is 12.1 Å². The van der Waals surface area contributed by atoms with E-state index in [-0.39, 0.29) is 23.9 Å². The van der Waals surface area contributed by atoms with Crippen molar-refractivity contribution in [3.63, 3.8) is 0 Å². The summed E-state index contributed by atoms with van der Waals surface area (Å²) >= 11 is 0. The van der Waals surface area contributed by atoms with Gasteiger partial charge in [-0.15, -0.1) is 0 Å². The van der Waals surface area contributed by atoms with Crippen LogP contribution in [0.15, 0.2) is 54.7 Å². The SMILES string of the molecule is COc1ccc(CNC(=O)c2ccnc(Nc3c(F)cccc3F)n2)cc1. The lowest BCUT2D eigenvalue weighted by Gasteiger charge is -2.09. The third-order valence-electron chi connectivity index (χ3n) is 3.70. The molecule has 0 bridgehead atoms. The second-order valence-electron chi connectivity index (χ2n) is 5.52. The predicted octanol–water partition coefficient (Wildman–Crippen LogP) is 3.44. The van der Waals surface area contributed by atoms with Gasteiger partial charge in [0.05, 0.1) is 7.11 Å². The molecule has 0 saturated carbocycles. The summed E-state index contributed by atoms with van der Waals surface area (Å²) in [4.78, 5) is 20.2. The summed E-state index contributed by atoms with van der Waals surface area (Å²) in [5.74, 6) is -1.38. The Morgan fingerprint density at radius 1 is 1.07 bits per heavy atom. The van der Waals surface area contributed by atoms with Crippen molar-refractivity contribution in [2.75, 3.05) is 12.4 Å². The van der Waals surface area contributed by atoms with Gasteiger partial charge in [0.15, 0.2) is 0 Å². The molecule has 1 heterocycles. The molecule has 0 radical (unpaired) electrons. The first-order valence-corrected chi connectivity index (χ1v) is 8.02. The normalized spacial score (nSPS) is 10.3. The molecule has 2 aromatic carbocycles. The number of amides is 1. The topological polar surface area (TPSA) is 76.1 Å². The number of aromatic nitrogens is 2. The fraction of sp³-hybridized carbons (Fsp3) is 0.105. The predicted molar refractivity (Wildman–Crippen MR) is 95.8 cm³/mol. The number of nitrogens with one attached hydrogen (secondary N) is 2. The molecule has 3 aromatic rings. The van der Waals surface area contributed by atoms with Crippen LogP contribution < -0.4 is 15.4 Å². The van der Waals surface area contributed by atoms with Gasteiger partial charge in [0.1, 0.15) is 28.8 Å². The molecule has 6 nitrogen and oxygen atoms in total. The molecule has 0 atom stereocenters. The van der Waals surface area contributed by atoms with Crippen LogP contribution in [0.1, 0.15) is 16.1 Å². The van der Waals surface area contributed by atoms with Crippen LogP contribution in [0.3, 0.4) is 0 Å². The number of para-hydroxylation sites is 1. The van der Waals surface area contributed by atoms with Crippen LogP contribution in [0.25, 0.3) is 0 Å². The molecule has 8 heteroatoms. The first kappa shape index (κ1) is 18.2. The van der Waals surface area contributed by atoms with E-state index in [0.29, 0.717) is 0 Å². The Kier molecular flexibility index (Phi) is 5.55. The summed E-state index contributed by atoms with van der Waals surface area (Å²) in [7, 11) is 1.57. The minimum Gasteiger partial charge on any atom is -0.497 e. The van der Waals surface area contributed by atoms with Gasteiger partial charge < -0.3 is 15.4 Å². The Bertz CT molecular complexity index is 928. The molecule has 2 N–H and O–H groups in total. The van der Waals surface area contributed by atoms with Crippen LogP contribution >= 0.6 is 0 Å². The van der Waals surface area contributed by atoms with E-state index in [1.165, 1.54) is 18.3 Å². The first-order chi connectivity index (χ1) is 13.1. The summed E-state index contributed by atoms with van der Waals surface area (Å²) in [5.41, 5.74) is 0.566. The number of hydrogen-bond donors (Lipinski definition) is 2. The Morgan fingerprint density at radius 3 is 2.44 bits per heavy atom. The van der Waals surface area contributed by atoms with E-state index >= 15 is 0 Å². The maximum absolute atomic E-state index is 13.7. The van der Waals surface area contributed by atoms with Crippen molar-refractivity contribution in [3.8, 4) is 5.75 Å². The smallest absolute Gasteiger partial charge is 0.270 e. The van der Waals surface area contributed by atoms with E-state index in [1.54, 1.807) is 19.2 Å². The monoisotopic (exact) mass is 370 g/mol.